The van der Waals surface area contributed by atoms with Crippen LogP contribution in [0.3, 0.4) is 0 Å². The highest BCUT2D eigenvalue weighted by Gasteiger charge is 2.30. The summed E-state index contributed by atoms with van der Waals surface area (Å²) in [6, 6.07) is 5.26. The van der Waals surface area contributed by atoms with Gasteiger partial charge in [-0.05, 0) is 36.5 Å². The van der Waals surface area contributed by atoms with Crippen molar-refractivity contribution in [3.63, 3.8) is 0 Å². The SMILES string of the molecule is CN1C(=O)CCc2cc(C(NC3CC3)C(=O)O)ccc21. The van der Waals surface area contributed by atoms with E-state index in [1.165, 1.54) is 0 Å². The molecule has 106 valence electrons. The molecule has 1 saturated carbocycles. The molecular formula is C15H18N2O3. The maximum atomic E-state index is 11.7. The van der Waals surface area contributed by atoms with Gasteiger partial charge in [0.2, 0.25) is 5.91 Å². The molecular weight excluding hydrogens is 256 g/mol. The highest BCUT2D eigenvalue weighted by Crippen LogP contribution is 2.31. The first-order valence-corrected chi connectivity index (χ1v) is 6.94. The summed E-state index contributed by atoms with van der Waals surface area (Å²) in [7, 11) is 1.76. The minimum Gasteiger partial charge on any atom is -0.480 e. The predicted octanol–water partition coefficient (Wildman–Crippen LogP) is 1.47. The van der Waals surface area contributed by atoms with Gasteiger partial charge in [-0.2, -0.15) is 0 Å². The third-order valence-electron chi connectivity index (χ3n) is 4.01. The summed E-state index contributed by atoms with van der Waals surface area (Å²) in [6.45, 7) is 0. The van der Waals surface area contributed by atoms with Gasteiger partial charge in [0.25, 0.3) is 0 Å². The van der Waals surface area contributed by atoms with Gasteiger partial charge in [-0.15, -0.1) is 0 Å². The molecule has 1 aliphatic carbocycles. The van der Waals surface area contributed by atoms with E-state index in [0.717, 1.165) is 29.7 Å². The van der Waals surface area contributed by atoms with E-state index in [9.17, 15) is 14.7 Å². The van der Waals surface area contributed by atoms with Crippen LogP contribution in [0.1, 0.15) is 36.4 Å². The number of hydrogen-bond acceptors (Lipinski definition) is 3. The number of carbonyl (C=O) groups excluding carboxylic acids is 1. The molecule has 5 heteroatoms. The van der Waals surface area contributed by atoms with Crippen molar-refractivity contribution < 1.29 is 14.7 Å². The molecule has 0 radical (unpaired) electrons. The molecule has 1 fully saturated rings. The third kappa shape index (κ3) is 2.41. The van der Waals surface area contributed by atoms with E-state index >= 15 is 0 Å². The summed E-state index contributed by atoms with van der Waals surface area (Å²) in [5.74, 6) is -0.742. The lowest BCUT2D eigenvalue weighted by molar-refractivity contribution is -0.139. The monoisotopic (exact) mass is 274 g/mol. The summed E-state index contributed by atoms with van der Waals surface area (Å²) >= 11 is 0. The molecule has 0 saturated heterocycles. The third-order valence-corrected chi connectivity index (χ3v) is 4.01. The Morgan fingerprint density at radius 2 is 2.15 bits per heavy atom. The van der Waals surface area contributed by atoms with Crippen LogP contribution in [0, 0.1) is 0 Å². The van der Waals surface area contributed by atoms with Gasteiger partial charge >= 0.3 is 5.97 Å². The number of hydrogen-bond donors (Lipinski definition) is 2. The number of nitrogens with one attached hydrogen (secondary N) is 1. The van der Waals surface area contributed by atoms with E-state index < -0.39 is 12.0 Å². The highest BCUT2D eigenvalue weighted by molar-refractivity contribution is 5.96. The van der Waals surface area contributed by atoms with Gasteiger partial charge in [-0.25, -0.2) is 0 Å². The molecule has 2 aliphatic rings. The molecule has 3 rings (SSSR count). The lowest BCUT2D eigenvalue weighted by Gasteiger charge is -2.27. The molecule has 1 amide bonds. The quantitative estimate of drug-likeness (QED) is 0.872. The summed E-state index contributed by atoms with van der Waals surface area (Å²) < 4.78 is 0. The molecule has 5 nitrogen and oxygen atoms in total. The number of anilines is 1. The lowest BCUT2D eigenvalue weighted by atomic mass is 9.96. The molecule has 1 atom stereocenters. The molecule has 1 aliphatic heterocycles. The Morgan fingerprint density at radius 1 is 1.40 bits per heavy atom. The minimum absolute atomic E-state index is 0.108. The molecule has 1 unspecified atom stereocenters. The van der Waals surface area contributed by atoms with Crippen LogP contribution in [0.4, 0.5) is 5.69 Å². The predicted molar refractivity (Wildman–Crippen MR) is 74.7 cm³/mol. The fourth-order valence-corrected chi connectivity index (χ4v) is 2.65. The average molecular weight is 274 g/mol. The Balaban J connectivity index is 1.90. The van der Waals surface area contributed by atoms with Gasteiger partial charge in [0.1, 0.15) is 6.04 Å². The zero-order chi connectivity index (χ0) is 14.3. The smallest absolute Gasteiger partial charge is 0.325 e. The Labute approximate surface area is 117 Å². The van der Waals surface area contributed by atoms with E-state index in [2.05, 4.69) is 5.32 Å². The van der Waals surface area contributed by atoms with Crippen molar-refractivity contribution in [2.24, 2.45) is 0 Å². The summed E-state index contributed by atoms with van der Waals surface area (Å²) in [4.78, 5) is 24.7. The fourth-order valence-electron chi connectivity index (χ4n) is 2.65. The highest BCUT2D eigenvalue weighted by atomic mass is 16.4. The van der Waals surface area contributed by atoms with E-state index in [1.807, 2.05) is 18.2 Å². The Hall–Kier alpha value is -1.88. The number of amides is 1. The van der Waals surface area contributed by atoms with Gasteiger partial charge < -0.3 is 10.0 Å². The Bertz CT molecular complexity index is 566. The van der Waals surface area contributed by atoms with Crippen LogP contribution in [-0.2, 0) is 16.0 Å². The Kier molecular flexibility index (Phi) is 3.22. The van der Waals surface area contributed by atoms with Crippen LogP contribution in [0.15, 0.2) is 18.2 Å². The maximum Gasteiger partial charge on any atom is 0.325 e. The summed E-state index contributed by atoms with van der Waals surface area (Å²) in [5, 5.41) is 12.5. The van der Waals surface area contributed by atoms with Crippen LogP contribution in [0.25, 0.3) is 0 Å². The summed E-state index contributed by atoms with van der Waals surface area (Å²) in [5.41, 5.74) is 2.71. The van der Waals surface area contributed by atoms with Crippen LogP contribution in [0.5, 0.6) is 0 Å². The topological polar surface area (TPSA) is 69.6 Å². The van der Waals surface area contributed by atoms with E-state index in [4.69, 9.17) is 0 Å². The molecule has 1 heterocycles. The fraction of sp³-hybridized carbons (Fsp3) is 0.467. The van der Waals surface area contributed by atoms with Crippen LogP contribution in [-0.4, -0.2) is 30.1 Å². The largest absolute Gasteiger partial charge is 0.480 e. The standard InChI is InChI=1S/C15H18N2O3/c1-17-12-6-2-10(8-9(12)3-7-13(17)18)14(15(19)20)16-11-4-5-11/h2,6,8,11,14,16H,3-5,7H2,1H3,(H,19,20). The molecule has 1 aromatic rings. The normalized spacial score (nSPS) is 19.6. The van der Waals surface area contributed by atoms with E-state index in [0.29, 0.717) is 18.9 Å². The van der Waals surface area contributed by atoms with Gasteiger partial charge in [-0.1, -0.05) is 12.1 Å². The van der Waals surface area contributed by atoms with E-state index in [-0.39, 0.29) is 5.91 Å². The van der Waals surface area contributed by atoms with Crippen molar-refractivity contribution in [1.82, 2.24) is 5.32 Å². The number of fused-ring (bicyclic) bond motifs is 1. The number of carbonyl (C=O) groups is 2. The number of aryl methyl sites for hydroxylation is 1. The van der Waals surface area contributed by atoms with Crippen LogP contribution in [0.2, 0.25) is 0 Å². The molecule has 0 spiro atoms. The van der Waals surface area contributed by atoms with Crippen molar-refractivity contribution in [2.75, 3.05) is 11.9 Å². The minimum atomic E-state index is -0.850. The zero-order valence-corrected chi connectivity index (χ0v) is 11.4. The second-order valence-electron chi connectivity index (χ2n) is 5.55. The number of carboxylic acids is 1. The van der Waals surface area contributed by atoms with E-state index in [1.54, 1.807) is 11.9 Å². The second kappa shape index (κ2) is 4.90. The van der Waals surface area contributed by atoms with Crippen molar-refractivity contribution in [3.05, 3.63) is 29.3 Å². The first kappa shape index (κ1) is 13.1. The number of nitrogens with zero attached hydrogens (tertiary/aromatic N) is 1. The number of aliphatic carboxylic acids is 1. The zero-order valence-electron chi connectivity index (χ0n) is 11.4. The Morgan fingerprint density at radius 3 is 2.80 bits per heavy atom. The van der Waals surface area contributed by atoms with Crippen LogP contribution < -0.4 is 10.2 Å². The van der Waals surface area contributed by atoms with Crippen molar-refractivity contribution in [1.29, 1.82) is 0 Å². The maximum absolute atomic E-state index is 11.7. The van der Waals surface area contributed by atoms with Crippen molar-refractivity contribution >= 4 is 17.6 Å². The molecule has 0 aromatic heterocycles. The van der Waals surface area contributed by atoms with Gasteiger partial charge in [0.15, 0.2) is 0 Å². The number of carboxylic acid groups (broad SMARTS) is 1. The number of rotatable bonds is 4. The molecule has 1 aromatic carbocycles. The molecule has 20 heavy (non-hydrogen) atoms. The average Bonchev–Trinajstić information content (AvgIpc) is 3.24. The van der Waals surface area contributed by atoms with Gasteiger partial charge in [-0.3, -0.25) is 14.9 Å². The first-order valence-electron chi connectivity index (χ1n) is 6.94. The molecule has 0 bridgehead atoms. The summed E-state index contributed by atoms with van der Waals surface area (Å²) in [6.07, 6.45) is 3.26. The van der Waals surface area contributed by atoms with Crippen molar-refractivity contribution in [3.8, 4) is 0 Å². The molecule has 2 N–H and O–H groups in total. The van der Waals surface area contributed by atoms with Gasteiger partial charge in [0.05, 0.1) is 0 Å². The lowest BCUT2D eigenvalue weighted by Crippen LogP contribution is -2.32. The second-order valence-corrected chi connectivity index (χ2v) is 5.55. The first-order chi connectivity index (χ1) is 9.56. The van der Waals surface area contributed by atoms with Gasteiger partial charge in [0, 0.05) is 25.2 Å². The van der Waals surface area contributed by atoms with Crippen LogP contribution >= 0.6 is 0 Å². The number of benzene rings is 1. The van der Waals surface area contributed by atoms with Crippen molar-refractivity contribution in [2.45, 2.75) is 37.8 Å².